The van der Waals surface area contributed by atoms with Crippen LogP contribution in [0, 0.1) is 0 Å². The predicted octanol–water partition coefficient (Wildman–Crippen LogP) is 2.31. The van der Waals surface area contributed by atoms with Crippen molar-refractivity contribution in [3.63, 3.8) is 0 Å². The molecule has 1 amide bonds. The Morgan fingerprint density at radius 3 is 2.76 bits per heavy atom. The molecule has 0 bridgehead atoms. The van der Waals surface area contributed by atoms with Gasteiger partial charge in [-0.15, -0.1) is 0 Å². The fraction of sp³-hybridized carbons (Fsp3) is 0.929. The van der Waals surface area contributed by atoms with E-state index < -0.39 is 0 Å². The lowest BCUT2D eigenvalue weighted by Gasteiger charge is -2.33. The number of nitrogens with zero attached hydrogens (tertiary/aromatic N) is 1. The van der Waals surface area contributed by atoms with Crippen LogP contribution in [0.25, 0.3) is 0 Å². The molecule has 0 aromatic carbocycles. The minimum absolute atomic E-state index is 0.127. The Labute approximate surface area is 105 Å². The maximum Gasteiger partial charge on any atom is 0.239 e. The molecule has 1 aliphatic carbocycles. The molecule has 2 rings (SSSR count). The molecule has 2 aliphatic rings. The van der Waals surface area contributed by atoms with Crippen molar-refractivity contribution in [2.24, 2.45) is 0 Å². The standard InChI is InChI=1S/C14H26N2O/c1-2-3-4-5-10-16-11-6-7-13(14(16)17)15-12-8-9-12/h12-13,15H,2-11H2,1H3. The van der Waals surface area contributed by atoms with Crippen molar-refractivity contribution in [3.8, 4) is 0 Å². The second-order valence-corrected chi connectivity index (χ2v) is 5.52. The number of unbranched alkanes of at least 4 members (excludes halogenated alkanes) is 3. The SMILES string of the molecule is CCCCCCN1CCCC(NC2CC2)C1=O. The Balaban J connectivity index is 1.70. The summed E-state index contributed by atoms with van der Waals surface area (Å²) in [7, 11) is 0. The highest BCUT2D eigenvalue weighted by atomic mass is 16.2. The molecular formula is C14H26N2O. The number of hydrogen-bond acceptors (Lipinski definition) is 2. The summed E-state index contributed by atoms with van der Waals surface area (Å²) < 4.78 is 0. The molecular weight excluding hydrogens is 212 g/mol. The number of rotatable bonds is 7. The lowest BCUT2D eigenvalue weighted by Crippen LogP contribution is -2.51. The van der Waals surface area contributed by atoms with Gasteiger partial charge in [-0.25, -0.2) is 0 Å². The van der Waals surface area contributed by atoms with Crippen LogP contribution in [-0.2, 0) is 4.79 Å². The zero-order valence-corrected chi connectivity index (χ0v) is 11.1. The van der Waals surface area contributed by atoms with Gasteiger partial charge in [0.05, 0.1) is 6.04 Å². The highest BCUT2D eigenvalue weighted by Gasteiger charge is 2.32. The molecule has 1 aliphatic heterocycles. The second kappa shape index (κ2) is 6.39. The smallest absolute Gasteiger partial charge is 0.239 e. The Morgan fingerprint density at radius 1 is 1.24 bits per heavy atom. The molecule has 98 valence electrons. The highest BCUT2D eigenvalue weighted by Crippen LogP contribution is 2.22. The minimum Gasteiger partial charge on any atom is -0.341 e. The molecule has 1 saturated carbocycles. The first-order chi connectivity index (χ1) is 8.31. The van der Waals surface area contributed by atoms with Gasteiger partial charge in [0.25, 0.3) is 0 Å². The maximum atomic E-state index is 12.2. The first kappa shape index (κ1) is 12.9. The van der Waals surface area contributed by atoms with E-state index in [0.717, 1.165) is 19.5 Å². The average molecular weight is 238 g/mol. The van der Waals surface area contributed by atoms with Crippen molar-refractivity contribution in [2.45, 2.75) is 70.4 Å². The van der Waals surface area contributed by atoms with Crippen molar-refractivity contribution in [1.29, 1.82) is 0 Å². The second-order valence-electron chi connectivity index (χ2n) is 5.52. The first-order valence-corrected chi connectivity index (χ1v) is 7.36. The average Bonchev–Trinajstić information content (AvgIpc) is 3.13. The van der Waals surface area contributed by atoms with Gasteiger partial charge in [0.2, 0.25) is 5.91 Å². The van der Waals surface area contributed by atoms with Gasteiger partial charge in [0.15, 0.2) is 0 Å². The van der Waals surface area contributed by atoms with Crippen LogP contribution >= 0.6 is 0 Å². The van der Waals surface area contributed by atoms with Crippen LogP contribution in [0.2, 0.25) is 0 Å². The number of amides is 1. The summed E-state index contributed by atoms with van der Waals surface area (Å²) in [5.41, 5.74) is 0. The number of hydrogen-bond donors (Lipinski definition) is 1. The summed E-state index contributed by atoms with van der Waals surface area (Å²) in [6, 6.07) is 0.770. The van der Waals surface area contributed by atoms with E-state index in [1.54, 1.807) is 0 Å². The van der Waals surface area contributed by atoms with Gasteiger partial charge in [0, 0.05) is 19.1 Å². The Hall–Kier alpha value is -0.570. The third kappa shape index (κ3) is 3.98. The van der Waals surface area contributed by atoms with Crippen LogP contribution in [0.15, 0.2) is 0 Å². The van der Waals surface area contributed by atoms with Crippen molar-refractivity contribution in [1.82, 2.24) is 10.2 Å². The largest absolute Gasteiger partial charge is 0.341 e. The fourth-order valence-electron chi connectivity index (χ4n) is 2.58. The molecule has 3 nitrogen and oxygen atoms in total. The van der Waals surface area contributed by atoms with E-state index in [9.17, 15) is 4.79 Å². The summed E-state index contributed by atoms with van der Waals surface area (Å²) >= 11 is 0. The number of carbonyl (C=O) groups excluding carboxylic acids is 1. The molecule has 0 radical (unpaired) electrons. The van der Waals surface area contributed by atoms with Gasteiger partial charge in [0.1, 0.15) is 0 Å². The molecule has 1 heterocycles. The number of piperidine rings is 1. The Morgan fingerprint density at radius 2 is 2.06 bits per heavy atom. The Kier molecular flexibility index (Phi) is 4.84. The van der Waals surface area contributed by atoms with Crippen LogP contribution in [0.3, 0.4) is 0 Å². The molecule has 0 aromatic heterocycles. The zero-order chi connectivity index (χ0) is 12.1. The predicted molar refractivity (Wildman–Crippen MR) is 69.9 cm³/mol. The van der Waals surface area contributed by atoms with E-state index in [0.29, 0.717) is 11.9 Å². The summed E-state index contributed by atoms with van der Waals surface area (Å²) in [6.45, 7) is 4.18. The van der Waals surface area contributed by atoms with E-state index in [1.807, 2.05) is 0 Å². The molecule has 3 heteroatoms. The van der Waals surface area contributed by atoms with Crippen LogP contribution in [0.5, 0.6) is 0 Å². The van der Waals surface area contributed by atoms with Gasteiger partial charge in [-0.05, 0) is 32.1 Å². The van der Waals surface area contributed by atoms with Crippen LogP contribution in [0.4, 0.5) is 0 Å². The lowest BCUT2D eigenvalue weighted by atomic mass is 10.0. The van der Waals surface area contributed by atoms with Gasteiger partial charge < -0.3 is 10.2 Å². The minimum atomic E-state index is 0.127. The summed E-state index contributed by atoms with van der Waals surface area (Å²) in [5, 5.41) is 3.48. The third-order valence-electron chi connectivity index (χ3n) is 3.83. The molecule has 1 atom stereocenters. The molecule has 2 fully saturated rings. The first-order valence-electron chi connectivity index (χ1n) is 7.36. The number of nitrogens with one attached hydrogen (secondary N) is 1. The van der Waals surface area contributed by atoms with Crippen LogP contribution < -0.4 is 5.32 Å². The normalized spacial score (nSPS) is 25.4. The van der Waals surface area contributed by atoms with Crippen molar-refractivity contribution in [3.05, 3.63) is 0 Å². The monoisotopic (exact) mass is 238 g/mol. The zero-order valence-electron chi connectivity index (χ0n) is 11.1. The third-order valence-corrected chi connectivity index (χ3v) is 3.83. The quantitative estimate of drug-likeness (QED) is 0.690. The molecule has 1 N–H and O–H groups in total. The molecule has 0 aromatic rings. The van der Waals surface area contributed by atoms with Gasteiger partial charge in [-0.2, -0.15) is 0 Å². The van der Waals surface area contributed by atoms with E-state index in [1.165, 1.54) is 44.9 Å². The van der Waals surface area contributed by atoms with E-state index in [2.05, 4.69) is 17.1 Å². The van der Waals surface area contributed by atoms with Gasteiger partial charge in [-0.3, -0.25) is 4.79 Å². The van der Waals surface area contributed by atoms with Crippen molar-refractivity contribution >= 4 is 5.91 Å². The molecule has 0 spiro atoms. The van der Waals surface area contributed by atoms with E-state index in [4.69, 9.17) is 0 Å². The van der Waals surface area contributed by atoms with E-state index >= 15 is 0 Å². The lowest BCUT2D eigenvalue weighted by molar-refractivity contribution is -0.136. The summed E-state index contributed by atoms with van der Waals surface area (Å²) in [4.78, 5) is 14.3. The number of likely N-dealkylation sites (tertiary alicyclic amines) is 1. The number of carbonyl (C=O) groups is 1. The molecule has 1 saturated heterocycles. The van der Waals surface area contributed by atoms with E-state index in [-0.39, 0.29) is 6.04 Å². The fourth-order valence-corrected chi connectivity index (χ4v) is 2.58. The van der Waals surface area contributed by atoms with Crippen molar-refractivity contribution < 1.29 is 4.79 Å². The van der Waals surface area contributed by atoms with Gasteiger partial charge in [-0.1, -0.05) is 26.2 Å². The maximum absolute atomic E-state index is 12.2. The Bertz CT molecular complexity index is 251. The van der Waals surface area contributed by atoms with Crippen LogP contribution in [0.1, 0.15) is 58.3 Å². The molecule has 1 unspecified atom stereocenters. The summed E-state index contributed by atoms with van der Waals surface area (Å²) in [6.07, 6.45) is 9.74. The highest BCUT2D eigenvalue weighted by molar-refractivity contribution is 5.82. The van der Waals surface area contributed by atoms with Gasteiger partial charge >= 0.3 is 0 Å². The molecule has 17 heavy (non-hydrogen) atoms. The van der Waals surface area contributed by atoms with Crippen LogP contribution in [-0.4, -0.2) is 36.0 Å². The summed E-state index contributed by atoms with van der Waals surface area (Å²) in [5.74, 6) is 0.361. The topological polar surface area (TPSA) is 32.3 Å². The van der Waals surface area contributed by atoms with Crippen molar-refractivity contribution in [2.75, 3.05) is 13.1 Å².